The Bertz CT molecular complexity index is 357. The van der Waals surface area contributed by atoms with E-state index in [9.17, 15) is 4.79 Å². The summed E-state index contributed by atoms with van der Waals surface area (Å²) >= 11 is 1.70. The number of anilines is 1. The van der Waals surface area contributed by atoms with Crippen molar-refractivity contribution in [1.29, 1.82) is 0 Å². The van der Waals surface area contributed by atoms with Crippen molar-refractivity contribution in [3.05, 3.63) is 17.5 Å². The minimum atomic E-state index is -0.256. The van der Waals surface area contributed by atoms with Crippen LogP contribution in [0, 0.1) is 5.41 Å². The second-order valence-corrected chi connectivity index (χ2v) is 5.36. The molecule has 16 heavy (non-hydrogen) atoms. The van der Waals surface area contributed by atoms with Crippen molar-refractivity contribution in [2.75, 3.05) is 25.6 Å². The predicted octanol–water partition coefficient (Wildman–Crippen LogP) is 2.53. The molecule has 0 radical (unpaired) electrons. The number of methoxy groups -OCH3 is 1. The van der Waals surface area contributed by atoms with Crippen LogP contribution in [0.15, 0.2) is 17.5 Å². The van der Waals surface area contributed by atoms with Gasteiger partial charge in [-0.2, -0.15) is 0 Å². The van der Waals surface area contributed by atoms with E-state index in [-0.39, 0.29) is 11.4 Å². The molecule has 1 aliphatic carbocycles. The number of hydrogen-bond donors (Lipinski definition) is 0. The smallest absolute Gasteiger partial charge is 0.313 e. The molecular weight excluding hydrogens is 222 g/mol. The first kappa shape index (κ1) is 11.5. The van der Waals surface area contributed by atoms with Crippen LogP contribution in [0.3, 0.4) is 0 Å². The van der Waals surface area contributed by atoms with Crippen LogP contribution in [0.5, 0.6) is 0 Å². The third-order valence-corrected chi connectivity index (χ3v) is 4.33. The van der Waals surface area contributed by atoms with Crippen molar-refractivity contribution < 1.29 is 9.53 Å². The molecule has 0 bridgehead atoms. The first-order valence-electron chi connectivity index (χ1n) is 5.51. The summed E-state index contributed by atoms with van der Waals surface area (Å²) in [5.74, 6) is -0.0536. The lowest BCUT2D eigenvalue weighted by Gasteiger charge is -2.41. The lowest BCUT2D eigenvalue weighted by molar-refractivity contribution is -0.157. The first-order valence-corrected chi connectivity index (χ1v) is 6.39. The zero-order valence-corrected chi connectivity index (χ0v) is 10.5. The highest BCUT2D eigenvalue weighted by Gasteiger charge is 2.46. The van der Waals surface area contributed by atoms with E-state index < -0.39 is 0 Å². The minimum Gasteiger partial charge on any atom is -0.469 e. The normalized spacial score (nSPS) is 17.6. The Hall–Kier alpha value is -1.03. The van der Waals surface area contributed by atoms with E-state index in [0.717, 1.165) is 25.8 Å². The van der Waals surface area contributed by atoms with Gasteiger partial charge >= 0.3 is 5.97 Å². The molecule has 0 saturated heterocycles. The largest absolute Gasteiger partial charge is 0.469 e. The maximum atomic E-state index is 11.8. The van der Waals surface area contributed by atoms with E-state index in [1.165, 1.54) is 12.1 Å². The summed E-state index contributed by atoms with van der Waals surface area (Å²) in [5.41, 5.74) is -0.256. The van der Waals surface area contributed by atoms with Crippen molar-refractivity contribution >= 4 is 22.3 Å². The third-order valence-electron chi connectivity index (χ3n) is 3.35. The van der Waals surface area contributed by atoms with Gasteiger partial charge in [0.15, 0.2) is 0 Å². The number of esters is 1. The number of ether oxygens (including phenoxy) is 1. The zero-order chi connectivity index (χ0) is 11.6. The highest BCUT2D eigenvalue weighted by molar-refractivity contribution is 7.14. The Morgan fingerprint density at radius 3 is 2.81 bits per heavy atom. The molecule has 1 aromatic heterocycles. The first-order chi connectivity index (χ1) is 7.68. The summed E-state index contributed by atoms with van der Waals surface area (Å²) in [6.07, 6.45) is 3.04. The lowest BCUT2D eigenvalue weighted by atomic mass is 9.68. The molecule has 1 fully saturated rings. The number of rotatable bonds is 4. The van der Waals surface area contributed by atoms with Gasteiger partial charge in [-0.1, -0.05) is 6.42 Å². The van der Waals surface area contributed by atoms with Crippen LogP contribution in [0.2, 0.25) is 0 Å². The highest BCUT2D eigenvalue weighted by Crippen LogP contribution is 2.43. The van der Waals surface area contributed by atoms with Crippen molar-refractivity contribution in [3.63, 3.8) is 0 Å². The molecule has 1 aliphatic rings. The standard InChI is InChI=1S/C12H17NO2S/c1-13(10-5-3-8-16-10)9-12(6-4-7-12)11(14)15-2/h3,5,8H,4,6-7,9H2,1-2H3. The van der Waals surface area contributed by atoms with Gasteiger partial charge in [-0.3, -0.25) is 4.79 Å². The fourth-order valence-corrected chi connectivity index (χ4v) is 2.96. The van der Waals surface area contributed by atoms with Crippen LogP contribution in [0.1, 0.15) is 19.3 Å². The summed E-state index contributed by atoms with van der Waals surface area (Å²) in [5, 5.41) is 3.26. The van der Waals surface area contributed by atoms with Gasteiger partial charge in [0.25, 0.3) is 0 Å². The molecule has 1 saturated carbocycles. The van der Waals surface area contributed by atoms with Crippen LogP contribution >= 0.6 is 11.3 Å². The van der Waals surface area contributed by atoms with Crippen molar-refractivity contribution in [2.24, 2.45) is 5.41 Å². The van der Waals surface area contributed by atoms with Crippen LogP contribution in [0.25, 0.3) is 0 Å². The van der Waals surface area contributed by atoms with Gasteiger partial charge in [0.1, 0.15) is 0 Å². The molecule has 0 N–H and O–H groups in total. The second kappa shape index (κ2) is 4.45. The average Bonchev–Trinajstić information content (AvgIpc) is 2.75. The van der Waals surface area contributed by atoms with Gasteiger partial charge in [0.2, 0.25) is 0 Å². The van der Waals surface area contributed by atoms with E-state index in [0.29, 0.717) is 0 Å². The number of thiophene rings is 1. The van der Waals surface area contributed by atoms with Gasteiger partial charge in [0.05, 0.1) is 17.5 Å². The molecule has 0 amide bonds. The quantitative estimate of drug-likeness (QED) is 0.756. The molecule has 1 heterocycles. The Balaban J connectivity index is 2.05. The van der Waals surface area contributed by atoms with Gasteiger partial charge < -0.3 is 9.64 Å². The summed E-state index contributed by atoms with van der Waals surface area (Å²) < 4.78 is 4.91. The van der Waals surface area contributed by atoms with Crippen molar-refractivity contribution in [2.45, 2.75) is 19.3 Å². The molecule has 0 aliphatic heterocycles. The predicted molar refractivity (Wildman–Crippen MR) is 65.9 cm³/mol. The summed E-state index contributed by atoms with van der Waals surface area (Å²) in [6, 6.07) is 4.11. The molecule has 0 unspecified atom stereocenters. The monoisotopic (exact) mass is 239 g/mol. The summed E-state index contributed by atoms with van der Waals surface area (Å²) in [7, 11) is 3.52. The highest BCUT2D eigenvalue weighted by atomic mass is 32.1. The Morgan fingerprint density at radius 1 is 1.62 bits per heavy atom. The Labute approximate surface area is 100 Å². The second-order valence-electron chi connectivity index (χ2n) is 4.43. The van der Waals surface area contributed by atoms with E-state index in [1.54, 1.807) is 11.3 Å². The third kappa shape index (κ3) is 1.94. The van der Waals surface area contributed by atoms with Gasteiger partial charge in [0, 0.05) is 13.6 Å². The Kier molecular flexibility index (Phi) is 3.19. The number of hydrogen-bond acceptors (Lipinski definition) is 4. The summed E-state index contributed by atoms with van der Waals surface area (Å²) in [6.45, 7) is 0.764. The van der Waals surface area contributed by atoms with Crippen LogP contribution in [-0.4, -0.2) is 26.7 Å². The lowest BCUT2D eigenvalue weighted by Crippen LogP contribution is -2.47. The SMILES string of the molecule is COC(=O)C1(CN(C)c2cccs2)CCC1. The van der Waals surface area contributed by atoms with E-state index in [4.69, 9.17) is 4.74 Å². The average molecular weight is 239 g/mol. The maximum absolute atomic E-state index is 11.8. The molecule has 1 aromatic rings. The van der Waals surface area contributed by atoms with E-state index >= 15 is 0 Å². The van der Waals surface area contributed by atoms with Crippen molar-refractivity contribution in [1.82, 2.24) is 0 Å². The number of nitrogens with zero attached hydrogens (tertiary/aromatic N) is 1. The molecule has 0 atom stereocenters. The van der Waals surface area contributed by atoms with Gasteiger partial charge in [-0.05, 0) is 30.4 Å². The zero-order valence-electron chi connectivity index (χ0n) is 9.73. The Morgan fingerprint density at radius 2 is 2.38 bits per heavy atom. The molecule has 0 spiro atoms. The fraction of sp³-hybridized carbons (Fsp3) is 0.583. The van der Waals surface area contributed by atoms with Crippen LogP contribution in [0.4, 0.5) is 5.00 Å². The molecule has 2 rings (SSSR count). The van der Waals surface area contributed by atoms with E-state index in [2.05, 4.69) is 16.3 Å². The molecule has 3 nitrogen and oxygen atoms in total. The number of carbonyl (C=O) groups is 1. The summed E-state index contributed by atoms with van der Waals surface area (Å²) in [4.78, 5) is 13.9. The maximum Gasteiger partial charge on any atom is 0.313 e. The van der Waals surface area contributed by atoms with Crippen molar-refractivity contribution in [3.8, 4) is 0 Å². The molecule has 88 valence electrons. The topological polar surface area (TPSA) is 29.5 Å². The van der Waals surface area contributed by atoms with Gasteiger partial charge in [-0.15, -0.1) is 11.3 Å². The van der Waals surface area contributed by atoms with E-state index in [1.807, 2.05) is 13.1 Å². The molecule has 4 heteroatoms. The molecule has 0 aromatic carbocycles. The fourth-order valence-electron chi connectivity index (χ4n) is 2.27. The minimum absolute atomic E-state index is 0.0536. The number of carbonyl (C=O) groups excluding carboxylic acids is 1. The van der Waals surface area contributed by atoms with Gasteiger partial charge in [-0.25, -0.2) is 0 Å². The van der Waals surface area contributed by atoms with Crippen LogP contribution < -0.4 is 4.90 Å². The molecular formula is C12H17NO2S. The van der Waals surface area contributed by atoms with Crippen LogP contribution in [-0.2, 0) is 9.53 Å².